The van der Waals surface area contributed by atoms with Crippen LogP contribution in [0.4, 0.5) is 0 Å². The Kier molecular flexibility index (Phi) is 3.45. The van der Waals surface area contributed by atoms with Gasteiger partial charge in [-0.15, -0.1) is 0 Å². The number of likely N-dealkylation sites (tertiary alicyclic amines) is 1. The first-order valence-corrected chi connectivity index (χ1v) is 5.85. The minimum atomic E-state index is -0.429. The fourth-order valence-corrected chi connectivity index (χ4v) is 2.19. The van der Waals surface area contributed by atoms with Crippen molar-refractivity contribution in [1.29, 1.82) is 0 Å². The number of H-pyrrole nitrogens is 1. The summed E-state index contributed by atoms with van der Waals surface area (Å²) in [6, 6.07) is 2.37. The number of rotatable bonds is 2. The maximum absolute atomic E-state index is 12.2. The number of pyridine rings is 1. The number of likely N-dealkylation sites (N-methyl/N-ethyl adjacent to an activating group) is 1. The van der Waals surface area contributed by atoms with Crippen LogP contribution in [0.1, 0.15) is 23.2 Å². The second-order valence-corrected chi connectivity index (χ2v) is 4.21. The highest BCUT2D eigenvalue weighted by Crippen LogP contribution is 2.19. The summed E-state index contributed by atoms with van der Waals surface area (Å²) in [5.74, 6) is -0.433. The van der Waals surface area contributed by atoms with Crippen molar-refractivity contribution in [1.82, 2.24) is 15.2 Å². The van der Waals surface area contributed by atoms with E-state index in [0.29, 0.717) is 18.5 Å². The van der Waals surface area contributed by atoms with Crippen molar-refractivity contribution in [2.75, 3.05) is 13.6 Å². The van der Waals surface area contributed by atoms with E-state index in [2.05, 4.69) is 10.3 Å². The Labute approximate surface area is 104 Å². The van der Waals surface area contributed by atoms with Crippen molar-refractivity contribution in [3.8, 4) is 0 Å². The lowest BCUT2D eigenvalue weighted by molar-refractivity contribution is -0.124. The van der Waals surface area contributed by atoms with Crippen LogP contribution in [0.5, 0.6) is 0 Å². The highest BCUT2D eigenvalue weighted by atomic mass is 16.2. The summed E-state index contributed by atoms with van der Waals surface area (Å²) in [5, 5.41) is 2.55. The zero-order valence-corrected chi connectivity index (χ0v) is 10.1. The van der Waals surface area contributed by atoms with Gasteiger partial charge in [-0.25, -0.2) is 0 Å². The average molecular weight is 249 g/mol. The molecule has 0 bridgehead atoms. The van der Waals surface area contributed by atoms with E-state index in [1.165, 1.54) is 17.2 Å². The van der Waals surface area contributed by atoms with E-state index >= 15 is 0 Å². The van der Waals surface area contributed by atoms with Crippen LogP contribution in [-0.2, 0) is 4.79 Å². The molecule has 1 aliphatic heterocycles. The Morgan fingerprint density at radius 3 is 2.94 bits per heavy atom. The van der Waals surface area contributed by atoms with Gasteiger partial charge in [0.05, 0.1) is 0 Å². The van der Waals surface area contributed by atoms with Crippen molar-refractivity contribution >= 4 is 11.8 Å². The molecule has 1 aliphatic rings. The molecule has 1 unspecified atom stereocenters. The molecular formula is C12H15N3O3. The van der Waals surface area contributed by atoms with Gasteiger partial charge in [-0.3, -0.25) is 14.4 Å². The number of amides is 2. The Balaban J connectivity index is 2.23. The van der Waals surface area contributed by atoms with E-state index in [1.807, 2.05) is 0 Å². The third-order valence-electron chi connectivity index (χ3n) is 3.08. The average Bonchev–Trinajstić information content (AvgIpc) is 2.86. The van der Waals surface area contributed by atoms with E-state index in [1.54, 1.807) is 13.1 Å². The number of carbonyl (C=O) groups is 2. The van der Waals surface area contributed by atoms with Crippen LogP contribution in [0.15, 0.2) is 23.1 Å². The predicted molar refractivity (Wildman–Crippen MR) is 65.2 cm³/mol. The highest BCUT2D eigenvalue weighted by molar-refractivity contribution is 5.97. The lowest BCUT2D eigenvalue weighted by Crippen LogP contribution is -2.45. The first kappa shape index (κ1) is 12.3. The van der Waals surface area contributed by atoms with Crippen LogP contribution in [0, 0.1) is 0 Å². The molecule has 1 fully saturated rings. The lowest BCUT2D eigenvalue weighted by Gasteiger charge is -2.23. The van der Waals surface area contributed by atoms with Crippen molar-refractivity contribution < 1.29 is 9.59 Å². The monoisotopic (exact) mass is 249 g/mol. The van der Waals surface area contributed by atoms with E-state index in [9.17, 15) is 14.4 Å². The van der Waals surface area contributed by atoms with Gasteiger partial charge in [-0.1, -0.05) is 0 Å². The fraction of sp³-hybridized carbons (Fsp3) is 0.417. The van der Waals surface area contributed by atoms with Gasteiger partial charge in [0.25, 0.3) is 5.91 Å². The second kappa shape index (κ2) is 5.03. The van der Waals surface area contributed by atoms with Gasteiger partial charge in [0, 0.05) is 31.4 Å². The summed E-state index contributed by atoms with van der Waals surface area (Å²) in [5.41, 5.74) is -0.00825. The maximum Gasteiger partial charge on any atom is 0.254 e. The van der Waals surface area contributed by atoms with Crippen LogP contribution >= 0.6 is 0 Å². The number of aromatic amines is 1. The summed E-state index contributed by atoms with van der Waals surface area (Å²) in [6.45, 7) is 0.545. The molecule has 6 nitrogen and oxygen atoms in total. The minimum absolute atomic E-state index is 0.161. The molecule has 1 aromatic heterocycles. The summed E-state index contributed by atoms with van der Waals surface area (Å²) in [4.78, 5) is 39.0. The van der Waals surface area contributed by atoms with Gasteiger partial charge >= 0.3 is 0 Å². The molecule has 1 aromatic rings. The van der Waals surface area contributed by atoms with E-state index in [4.69, 9.17) is 0 Å². The number of nitrogens with zero attached hydrogens (tertiary/aromatic N) is 1. The zero-order chi connectivity index (χ0) is 13.1. The number of aromatic nitrogens is 1. The molecule has 0 aromatic carbocycles. The van der Waals surface area contributed by atoms with Crippen LogP contribution in [-0.4, -0.2) is 41.3 Å². The molecule has 18 heavy (non-hydrogen) atoms. The molecule has 0 radical (unpaired) electrons. The highest BCUT2D eigenvalue weighted by Gasteiger charge is 2.33. The van der Waals surface area contributed by atoms with Gasteiger partial charge < -0.3 is 15.2 Å². The molecule has 2 rings (SSSR count). The zero-order valence-electron chi connectivity index (χ0n) is 10.1. The Morgan fingerprint density at radius 2 is 2.28 bits per heavy atom. The standard InChI is InChI=1S/C12H15N3O3/c1-13-11(17)9-3-2-6-15(9)12(18)8-4-5-14-10(16)7-8/h4-5,7,9H,2-3,6H2,1H3,(H,13,17)(H,14,16). The first-order valence-electron chi connectivity index (χ1n) is 5.85. The minimum Gasteiger partial charge on any atom is -0.357 e. The third-order valence-corrected chi connectivity index (χ3v) is 3.08. The van der Waals surface area contributed by atoms with Crippen molar-refractivity contribution in [2.45, 2.75) is 18.9 Å². The molecule has 2 amide bonds. The van der Waals surface area contributed by atoms with Gasteiger partial charge in [0.1, 0.15) is 6.04 Å². The fourth-order valence-electron chi connectivity index (χ4n) is 2.19. The van der Waals surface area contributed by atoms with Gasteiger partial charge in [-0.2, -0.15) is 0 Å². The molecule has 2 N–H and O–H groups in total. The Morgan fingerprint density at radius 1 is 1.50 bits per heavy atom. The lowest BCUT2D eigenvalue weighted by atomic mass is 10.2. The predicted octanol–water partition coefficient (Wildman–Crippen LogP) is -0.275. The number of hydrogen-bond donors (Lipinski definition) is 2. The molecule has 1 saturated heterocycles. The smallest absolute Gasteiger partial charge is 0.254 e. The number of carbonyl (C=O) groups excluding carboxylic acids is 2. The second-order valence-electron chi connectivity index (χ2n) is 4.21. The Hall–Kier alpha value is -2.11. The number of nitrogens with one attached hydrogen (secondary N) is 2. The molecular weight excluding hydrogens is 234 g/mol. The largest absolute Gasteiger partial charge is 0.357 e. The Bertz CT molecular complexity index is 523. The van der Waals surface area contributed by atoms with E-state index in [-0.39, 0.29) is 17.4 Å². The molecule has 1 atom stereocenters. The molecule has 2 heterocycles. The third kappa shape index (κ3) is 2.27. The molecule has 6 heteroatoms. The first-order chi connectivity index (χ1) is 8.63. The number of hydrogen-bond acceptors (Lipinski definition) is 3. The maximum atomic E-state index is 12.2. The SMILES string of the molecule is CNC(=O)C1CCCN1C(=O)c1cc[nH]c(=O)c1. The van der Waals surface area contributed by atoms with Crippen LogP contribution in [0.25, 0.3) is 0 Å². The van der Waals surface area contributed by atoms with E-state index < -0.39 is 6.04 Å². The van der Waals surface area contributed by atoms with Crippen LogP contribution < -0.4 is 10.9 Å². The van der Waals surface area contributed by atoms with Gasteiger partial charge in [0.2, 0.25) is 11.5 Å². The summed E-state index contributed by atoms with van der Waals surface area (Å²) in [7, 11) is 1.55. The van der Waals surface area contributed by atoms with Gasteiger partial charge in [-0.05, 0) is 18.9 Å². The topological polar surface area (TPSA) is 82.3 Å². The normalized spacial score (nSPS) is 18.7. The molecule has 96 valence electrons. The molecule has 0 saturated carbocycles. The van der Waals surface area contributed by atoms with Crippen LogP contribution in [0.2, 0.25) is 0 Å². The quantitative estimate of drug-likeness (QED) is 0.756. The van der Waals surface area contributed by atoms with Crippen molar-refractivity contribution in [3.05, 3.63) is 34.2 Å². The van der Waals surface area contributed by atoms with Crippen molar-refractivity contribution in [3.63, 3.8) is 0 Å². The van der Waals surface area contributed by atoms with Crippen LogP contribution in [0.3, 0.4) is 0 Å². The molecule has 0 aliphatic carbocycles. The van der Waals surface area contributed by atoms with Gasteiger partial charge in [0.15, 0.2) is 0 Å². The summed E-state index contributed by atoms with van der Waals surface area (Å²) < 4.78 is 0. The summed E-state index contributed by atoms with van der Waals surface area (Å²) in [6.07, 6.45) is 2.89. The summed E-state index contributed by atoms with van der Waals surface area (Å²) >= 11 is 0. The molecule has 0 spiro atoms. The van der Waals surface area contributed by atoms with E-state index in [0.717, 1.165) is 6.42 Å². The van der Waals surface area contributed by atoms with Crippen molar-refractivity contribution in [2.24, 2.45) is 0 Å².